The van der Waals surface area contributed by atoms with Gasteiger partial charge in [-0.2, -0.15) is 5.26 Å². The minimum absolute atomic E-state index is 0.127. The van der Waals surface area contributed by atoms with E-state index in [4.69, 9.17) is 5.26 Å². The van der Waals surface area contributed by atoms with Gasteiger partial charge in [0.15, 0.2) is 11.6 Å². The Balaban J connectivity index is 2.96. The summed E-state index contributed by atoms with van der Waals surface area (Å²) in [5.41, 5.74) is -0.127. The van der Waals surface area contributed by atoms with Gasteiger partial charge < -0.3 is 15.3 Å². The smallest absolute Gasteiger partial charge is 0.165 e. The van der Waals surface area contributed by atoms with Gasteiger partial charge in [-0.25, -0.2) is 4.39 Å². The lowest BCUT2D eigenvalue weighted by molar-refractivity contribution is 0.0200. The maximum absolute atomic E-state index is 12.9. The van der Waals surface area contributed by atoms with Gasteiger partial charge in [0.25, 0.3) is 0 Å². The topological polar surface area (TPSA) is 84.5 Å². The molecule has 0 heterocycles. The van der Waals surface area contributed by atoms with Gasteiger partial charge in [0, 0.05) is 5.56 Å². The molecule has 4 nitrogen and oxygen atoms in total. The second-order valence-electron chi connectivity index (χ2n) is 3.05. The zero-order valence-electron chi connectivity index (χ0n) is 7.76. The second kappa shape index (κ2) is 4.73. The molecule has 5 heteroatoms. The van der Waals surface area contributed by atoms with Crippen LogP contribution < -0.4 is 0 Å². The molecule has 0 aliphatic heterocycles. The number of nitriles is 1. The van der Waals surface area contributed by atoms with Gasteiger partial charge in [-0.05, 0) is 6.07 Å². The van der Waals surface area contributed by atoms with E-state index in [1.54, 1.807) is 6.07 Å². The number of phenolic OH excluding ortho intramolecular Hbond substituents is 1. The molecule has 2 unspecified atom stereocenters. The highest BCUT2D eigenvalue weighted by molar-refractivity contribution is 5.35. The minimum atomic E-state index is -1.47. The van der Waals surface area contributed by atoms with Crippen molar-refractivity contribution in [3.8, 4) is 11.8 Å². The first-order chi connectivity index (χ1) is 7.07. The third-order valence-electron chi connectivity index (χ3n) is 2.00. The van der Waals surface area contributed by atoms with Crippen LogP contribution in [-0.2, 0) is 0 Å². The number of para-hydroxylation sites is 1. The molecule has 1 rings (SSSR count). The van der Waals surface area contributed by atoms with E-state index in [-0.39, 0.29) is 12.0 Å². The number of rotatable bonds is 3. The molecule has 80 valence electrons. The van der Waals surface area contributed by atoms with E-state index >= 15 is 0 Å². The van der Waals surface area contributed by atoms with Crippen LogP contribution in [0.5, 0.6) is 5.75 Å². The van der Waals surface area contributed by atoms with E-state index in [1.807, 2.05) is 0 Å². The average Bonchev–Trinajstić information content (AvgIpc) is 2.21. The van der Waals surface area contributed by atoms with Crippen LogP contribution in [0.1, 0.15) is 18.1 Å². The summed E-state index contributed by atoms with van der Waals surface area (Å²) in [7, 11) is 0. The normalized spacial score (nSPS) is 14.3. The zero-order chi connectivity index (χ0) is 11.4. The lowest BCUT2D eigenvalue weighted by Gasteiger charge is -2.16. The third-order valence-corrected chi connectivity index (χ3v) is 2.00. The highest BCUT2D eigenvalue weighted by Crippen LogP contribution is 2.29. The number of aliphatic hydroxyl groups excluding tert-OH is 2. The summed E-state index contributed by atoms with van der Waals surface area (Å²) >= 11 is 0. The van der Waals surface area contributed by atoms with Gasteiger partial charge in [-0.15, -0.1) is 0 Å². The number of aliphatic hydroxyl groups is 2. The highest BCUT2D eigenvalue weighted by atomic mass is 19.1. The van der Waals surface area contributed by atoms with E-state index in [9.17, 15) is 19.7 Å². The highest BCUT2D eigenvalue weighted by Gasteiger charge is 2.22. The molecule has 0 aliphatic rings. The molecule has 0 bridgehead atoms. The van der Waals surface area contributed by atoms with E-state index in [0.717, 1.165) is 6.07 Å². The zero-order valence-corrected chi connectivity index (χ0v) is 7.76. The summed E-state index contributed by atoms with van der Waals surface area (Å²) in [6.07, 6.45) is -3.11. The number of phenols is 1. The van der Waals surface area contributed by atoms with E-state index in [0.29, 0.717) is 0 Å². The predicted molar refractivity (Wildman–Crippen MR) is 49.3 cm³/mol. The summed E-state index contributed by atoms with van der Waals surface area (Å²) in [5, 5.41) is 36.3. The fraction of sp³-hybridized carbons (Fsp3) is 0.300. The molecule has 0 aliphatic carbocycles. The summed E-state index contributed by atoms with van der Waals surface area (Å²) in [6.45, 7) is 0. The van der Waals surface area contributed by atoms with Crippen LogP contribution in [0, 0.1) is 17.1 Å². The molecule has 15 heavy (non-hydrogen) atoms. The lowest BCUT2D eigenvalue weighted by Crippen LogP contribution is -2.17. The molecular weight excluding hydrogens is 201 g/mol. The number of benzene rings is 1. The maximum Gasteiger partial charge on any atom is 0.165 e. The molecule has 0 aromatic heterocycles. The van der Waals surface area contributed by atoms with Crippen molar-refractivity contribution in [1.29, 1.82) is 5.26 Å². The summed E-state index contributed by atoms with van der Waals surface area (Å²) < 4.78 is 12.9. The summed E-state index contributed by atoms with van der Waals surface area (Å²) in [4.78, 5) is 0. The fourth-order valence-corrected chi connectivity index (χ4v) is 1.18. The Morgan fingerprint density at radius 3 is 2.67 bits per heavy atom. The summed E-state index contributed by atoms with van der Waals surface area (Å²) in [5.74, 6) is -1.59. The van der Waals surface area contributed by atoms with Gasteiger partial charge in [0.1, 0.15) is 6.10 Å². The maximum atomic E-state index is 12.9. The summed E-state index contributed by atoms with van der Waals surface area (Å²) in [6, 6.07) is 5.28. The first-order valence-corrected chi connectivity index (χ1v) is 4.28. The van der Waals surface area contributed by atoms with Crippen molar-refractivity contribution in [2.75, 3.05) is 0 Å². The quantitative estimate of drug-likeness (QED) is 0.691. The number of halogens is 1. The van der Waals surface area contributed by atoms with E-state index in [1.165, 1.54) is 12.1 Å². The molecule has 3 N–H and O–H groups in total. The van der Waals surface area contributed by atoms with Crippen LogP contribution in [0.2, 0.25) is 0 Å². The third kappa shape index (κ3) is 2.43. The Kier molecular flexibility index (Phi) is 3.61. The Morgan fingerprint density at radius 1 is 1.40 bits per heavy atom. The number of hydrogen-bond donors (Lipinski definition) is 3. The second-order valence-corrected chi connectivity index (χ2v) is 3.05. The monoisotopic (exact) mass is 211 g/mol. The first-order valence-electron chi connectivity index (χ1n) is 4.28. The van der Waals surface area contributed by atoms with E-state index in [2.05, 4.69) is 0 Å². The number of aromatic hydroxyl groups is 1. The molecule has 2 atom stereocenters. The Hall–Kier alpha value is -1.64. The van der Waals surface area contributed by atoms with E-state index < -0.39 is 23.8 Å². The van der Waals surface area contributed by atoms with Gasteiger partial charge in [-0.1, -0.05) is 12.1 Å². The molecule has 0 saturated heterocycles. The average molecular weight is 211 g/mol. The Morgan fingerprint density at radius 2 is 2.07 bits per heavy atom. The molecule has 1 aromatic rings. The van der Waals surface area contributed by atoms with Gasteiger partial charge in [-0.3, -0.25) is 0 Å². The van der Waals surface area contributed by atoms with Crippen LogP contribution in [-0.4, -0.2) is 21.4 Å². The SMILES string of the molecule is N#CCC(O)C(O)c1cccc(F)c1O. The minimum Gasteiger partial charge on any atom is -0.505 e. The van der Waals surface area contributed by atoms with Crippen LogP contribution in [0.4, 0.5) is 4.39 Å². The van der Waals surface area contributed by atoms with Crippen LogP contribution in [0.15, 0.2) is 18.2 Å². The molecule has 0 spiro atoms. The van der Waals surface area contributed by atoms with Gasteiger partial charge >= 0.3 is 0 Å². The van der Waals surface area contributed by atoms with Crippen molar-refractivity contribution in [2.24, 2.45) is 0 Å². The predicted octanol–water partition coefficient (Wildman–Crippen LogP) is 0.839. The Labute approximate surface area is 85.8 Å². The van der Waals surface area contributed by atoms with Crippen LogP contribution in [0.25, 0.3) is 0 Å². The molecule has 0 saturated carbocycles. The molecule has 0 radical (unpaired) electrons. The standard InChI is InChI=1S/C10H10FNO3/c11-7-3-1-2-6(9(7)14)10(15)8(13)4-5-12/h1-3,8,10,13-15H,4H2. The molecule has 1 aromatic carbocycles. The Bertz CT molecular complexity index is 389. The number of nitrogens with zero attached hydrogens (tertiary/aromatic N) is 1. The van der Waals surface area contributed by atoms with Crippen LogP contribution in [0.3, 0.4) is 0 Å². The van der Waals surface area contributed by atoms with Crippen molar-refractivity contribution in [1.82, 2.24) is 0 Å². The van der Waals surface area contributed by atoms with Crippen molar-refractivity contribution < 1.29 is 19.7 Å². The van der Waals surface area contributed by atoms with Crippen molar-refractivity contribution in [3.63, 3.8) is 0 Å². The molecule has 0 amide bonds. The first kappa shape index (κ1) is 11.4. The molecular formula is C10H10FNO3. The van der Waals surface area contributed by atoms with Gasteiger partial charge in [0.2, 0.25) is 0 Å². The van der Waals surface area contributed by atoms with Crippen molar-refractivity contribution >= 4 is 0 Å². The van der Waals surface area contributed by atoms with Crippen molar-refractivity contribution in [3.05, 3.63) is 29.6 Å². The lowest BCUT2D eigenvalue weighted by atomic mass is 10.0. The number of hydrogen-bond acceptors (Lipinski definition) is 4. The van der Waals surface area contributed by atoms with Crippen molar-refractivity contribution in [2.45, 2.75) is 18.6 Å². The van der Waals surface area contributed by atoms with Crippen LogP contribution >= 0.6 is 0 Å². The van der Waals surface area contributed by atoms with Gasteiger partial charge in [0.05, 0.1) is 18.6 Å². The largest absolute Gasteiger partial charge is 0.505 e. The fourth-order valence-electron chi connectivity index (χ4n) is 1.18. The molecule has 0 fully saturated rings.